The lowest BCUT2D eigenvalue weighted by atomic mass is 10.2. The number of rotatable bonds is 5. The molecule has 1 aliphatic rings. The third-order valence-electron chi connectivity index (χ3n) is 2.87. The van der Waals surface area contributed by atoms with Gasteiger partial charge in [-0.2, -0.15) is 0 Å². The van der Waals surface area contributed by atoms with Crippen LogP contribution in [0.3, 0.4) is 0 Å². The number of ether oxygens (including phenoxy) is 2. The zero-order valence-electron chi connectivity index (χ0n) is 10.3. The van der Waals surface area contributed by atoms with Crippen molar-refractivity contribution in [2.24, 2.45) is 0 Å². The molecular weight excluding hydrogens is 362 g/mol. The van der Waals surface area contributed by atoms with Gasteiger partial charge in [0.25, 0.3) is 0 Å². The average Bonchev–Trinajstić information content (AvgIpc) is 2.84. The molecule has 0 bridgehead atoms. The molecule has 3 nitrogen and oxygen atoms in total. The zero-order valence-corrected chi connectivity index (χ0v) is 13.5. The second-order valence-corrected chi connectivity index (χ2v) is 5.97. The van der Waals surface area contributed by atoms with Gasteiger partial charge in [-0.1, -0.05) is 0 Å². The van der Waals surface area contributed by atoms with E-state index in [2.05, 4.69) is 49.3 Å². The van der Waals surface area contributed by atoms with Gasteiger partial charge in [0, 0.05) is 19.2 Å². The van der Waals surface area contributed by atoms with Crippen molar-refractivity contribution in [3.8, 4) is 5.75 Å². The molecule has 1 aromatic carbocycles. The highest BCUT2D eigenvalue weighted by atomic mass is 79.9. The van der Waals surface area contributed by atoms with Gasteiger partial charge in [0.05, 0.1) is 22.2 Å². The molecule has 0 aliphatic carbocycles. The van der Waals surface area contributed by atoms with Crippen molar-refractivity contribution in [1.29, 1.82) is 0 Å². The van der Waals surface area contributed by atoms with Crippen molar-refractivity contribution in [1.82, 2.24) is 5.32 Å². The summed E-state index contributed by atoms with van der Waals surface area (Å²) in [7, 11) is 0. The van der Waals surface area contributed by atoms with E-state index in [0.29, 0.717) is 12.6 Å². The largest absolute Gasteiger partial charge is 0.492 e. The SMILES string of the molecule is CCOc1c(Br)cc(CNC2CCOC2)cc1Br. The first-order valence-electron chi connectivity index (χ1n) is 6.12. The van der Waals surface area contributed by atoms with E-state index < -0.39 is 0 Å². The molecule has 1 unspecified atom stereocenters. The second kappa shape index (κ2) is 6.89. The first-order valence-corrected chi connectivity index (χ1v) is 7.71. The molecule has 0 radical (unpaired) electrons. The lowest BCUT2D eigenvalue weighted by molar-refractivity contribution is 0.190. The third kappa shape index (κ3) is 3.70. The van der Waals surface area contributed by atoms with Crippen LogP contribution in [-0.2, 0) is 11.3 Å². The monoisotopic (exact) mass is 377 g/mol. The Morgan fingerprint density at radius 1 is 1.39 bits per heavy atom. The van der Waals surface area contributed by atoms with E-state index in [1.54, 1.807) is 0 Å². The average molecular weight is 379 g/mol. The van der Waals surface area contributed by atoms with Crippen molar-refractivity contribution < 1.29 is 9.47 Å². The molecular formula is C13H17Br2NO2. The number of nitrogens with one attached hydrogen (secondary N) is 1. The molecule has 1 N–H and O–H groups in total. The molecule has 1 fully saturated rings. The molecule has 2 rings (SSSR count). The molecule has 1 aromatic rings. The molecule has 0 aromatic heterocycles. The molecule has 1 saturated heterocycles. The summed E-state index contributed by atoms with van der Waals surface area (Å²) < 4.78 is 12.9. The maximum Gasteiger partial charge on any atom is 0.147 e. The van der Waals surface area contributed by atoms with Gasteiger partial charge in [-0.25, -0.2) is 0 Å². The van der Waals surface area contributed by atoms with Gasteiger partial charge < -0.3 is 14.8 Å². The van der Waals surface area contributed by atoms with Crippen molar-refractivity contribution >= 4 is 31.9 Å². The summed E-state index contributed by atoms with van der Waals surface area (Å²) in [6.45, 7) is 5.17. The van der Waals surface area contributed by atoms with Crippen LogP contribution in [0.2, 0.25) is 0 Å². The molecule has 1 heterocycles. The Bertz CT molecular complexity index is 383. The number of hydrogen-bond acceptors (Lipinski definition) is 3. The van der Waals surface area contributed by atoms with E-state index in [9.17, 15) is 0 Å². The standard InChI is InChI=1S/C13H17Br2NO2/c1-2-18-13-11(14)5-9(6-12(13)15)7-16-10-3-4-17-8-10/h5-6,10,16H,2-4,7-8H2,1H3. The summed E-state index contributed by atoms with van der Waals surface area (Å²) in [6, 6.07) is 4.67. The third-order valence-corrected chi connectivity index (χ3v) is 4.05. The fourth-order valence-corrected chi connectivity index (χ4v) is 3.46. The predicted octanol–water partition coefficient (Wildman–Crippen LogP) is 3.49. The van der Waals surface area contributed by atoms with E-state index in [0.717, 1.165) is 40.9 Å². The Hall–Kier alpha value is -0.100. The molecule has 100 valence electrons. The van der Waals surface area contributed by atoms with Gasteiger partial charge in [0.2, 0.25) is 0 Å². The number of benzene rings is 1. The molecule has 1 aliphatic heterocycles. The zero-order chi connectivity index (χ0) is 13.0. The van der Waals surface area contributed by atoms with Gasteiger partial charge in [-0.05, 0) is 62.9 Å². The molecule has 5 heteroatoms. The quantitative estimate of drug-likeness (QED) is 0.850. The normalized spacial score (nSPS) is 19.2. The molecule has 0 amide bonds. The highest BCUT2D eigenvalue weighted by Gasteiger charge is 2.15. The maximum absolute atomic E-state index is 5.57. The lowest BCUT2D eigenvalue weighted by Gasteiger charge is -2.13. The van der Waals surface area contributed by atoms with Gasteiger partial charge in [0.1, 0.15) is 5.75 Å². The van der Waals surface area contributed by atoms with Gasteiger partial charge in [0.15, 0.2) is 0 Å². The van der Waals surface area contributed by atoms with Crippen LogP contribution in [0.15, 0.2) is 21.1 Å². The van der Waals surface area contributed by atoms with Crippen LogP contribution in [0.4, 0.5) is 0 Å². The number of halogens is 2. The Morgan fingerprint density at radius 2 is 2.11 bits per heavy atom. The van der Waals surface area contributed by atoms with E-state index in [-0.39, 0.29) is 0 Å². The lowest BCUT2D eigenvalue weighted by Crippen LogP contribution is -2.28. The van der Waals surface area contributed by atoms with Crippen LogP contribution in [0, 0.1) is 0 Å². The predicted molar refractivity (Wildman–Crippen MR) is 79.1 cm³/mol. The highest BCUT2D eigenvalue weighted by Crippen LogP contribution is 2.34. The topological polar surface area (TPSA) is 30.5 Å². The summed E-state index contributed by atoms with van der Waals surface area (Å²) in [5.74, 6) is 0.866. The Morgan fingerprint density at radius 3 is 2.67 bits per heavy atom. The minimum absolute atomic E-state index is 0.481. The fraction of sp³-hybridized carbons (Fsp3) is 0.538. The summed E-state index contributed by atoms with van der Waals surface area (Å²) in [4.78, 5) is 0. The second-order valence-electron chi connectivity index (χ2n) is 4.26. The molecule has 1 atom stereocenters. The highest BCUT2D eigenvalue weighted by molar-refractivity contribution is 9.11. The first kappa shape index (κ1) is 14.3. The van der Waals surface area contributed by atoms with E-state index in [1.807, 2.05) is 6.92 Å². The summed E-state index contributed by atoms with van der Waals surface area (Å²) >= 11 is 7.09. The van der Waals surface area contributed by atoms with Gasteiger partial charge in [-0.15, -0.1) is 0 Å². The Kier molecular flexibility index (Phi) is 5.48. The summed E-state index contributed by atoms with van der Waals surface area (Å²) in [5, 5.41) is 3.50. The van der Waals surface area contributed by atoms with Gasteiger partial charge in [-0.3, -0.25) is 0 Å². The minimum Gasteiger partial charge on any atom is -0.492 e. The van der Waals surface area contributed by atoms with Crippen molar-refractivity contribution in [3.63, 3.8) is 0 Å². The first-order chi connectivity index (χ1) is 8.70. The minimum atomic E-state index is 0.481. The van der Waals surface area contributed by atoms with Crippen LogP contribution in [-0.4, -0.2) is 25.9 Å². The van der Waals surface area contributed by atoms with Crippen LogP contribution >= 0.6 is 31.9 Å². The molecule has 0 spiro atoms. The van der Waals surface area contributed by atoms with Crippen LogP contribution in [0.25, 0.3) is 0 Å². The molecule has 0 saturated carbocycles. The maximum atomic E-state index is 5.57. The Balaban J connectivity index is 2.00. The summed E-state index contributed by atoms with van der Waals surface area (Å²) in [5.41, 5.74) is 1.23. The van der Waals surface area contributed by atoms with Crippen LogP contribution in [0.1, 0.15) is 18.9 Å². The van der Waals surface area contributed by atoms with E-state index >= 15 is 0 Å². The number of hydrogen-bond donors (Lipinski definition) is 1. The molecule has 18 heavy (non-hydrogen) atoms. The smallest absolute Gasteiger partial charge is 0.147 e. The van der Waals surface area contributed by atoms with E-state index in [4.69, 9.17) is 9.47 Å². The summed E-state index contributed by atoms with van der Waals surface area (Å²) in [6.07, 6.45) is 1.10. The van der Waals surface area contributed by atoms with Gasteiger partial charge >= 0.3 is 0 Å². The van der Waals surface area contributed by atoms with E-state index in [1.165, 1.54) is 5.56 Å². The fourth-order valence-electron chi connectivity index (χ4n) is 1.95. The van der Waals surface area contributed by atoms with Crippen LogP contribution < -0.4 is 10.1 Å². The van der Waals surface area contributed by atoms with Crippen molar-refractivity contribution in [2.75, 3.05) is 19.8 Å². The van der Waals surface area contributed by atoms with Crippen LogP contribution in [0.5, 0.6) is 5.75 Å². The van der Waals surface area contributed by atoms with Crippen molar-refractivity contribution in [2.45, 2.75) is 25.9 Å². The Labute approximate surface area is 124 Å². The van der Waals surface area contributed by atoms with Crippen molar-refractivity contribution in [3.05, 3.63) is 26.6 Å².